The summed E-state index contributed by atoms with van der Waals surface area (Å²) in [4.78, 5) is 0.237. The minimum Gasteiger partial charge on any atom is -0.398 e. The van der Waals surface area contributed by atoms with E-state index < -0.39 is 10.0 Å². The third-order valence-electron chi connectivity index (χ3n) is 4.82. The maximum absolute atomic E-state index is 12.6. The Kier molecular flexibility index (Phi) is 4.39. The van der Waals surface area contributed by atoms with E-state index in [4.69, 9.17) is 5.73 Å². The van der Waals surface area contributed by atoms with Crippen molar-refractivity contribution in [1.82, 2.24) is 4.31 Å². The highest BCUT2D eigenvalue weighted by atomic mass is 32.2. The van der Waals surface area contributed by atoms with Gasteiger partial charge in [-0.15, -0.1) is 0 Å². The van der Waals surface area contributed by atoms with Gasteiger partial charge >= 0.3 is 0 Å². The minimum absolute atomic E-state index is 0.237. The van der Waals surface area contributed by atoms with Gasteiger partial charge in [-0.2, -0.15) is 4.31 Å². The van der Waals surface area contributed by atoms with Crippen molar-refractivity contribution in [1.29, 1.82) is 0 Å². The van der Waals surface area contributed by atoms with E-state index in [-0.39, 0.29) is 4.90 Å². The second-order valence-electron chi connectivity index (χ2n) is 5.65. The maximum Gasteiger partial charge on any atom is 0.245 e. The van der Waals surface area contributed by atoms with Crippen LogP contribution in [0.1, 0.15) is 39.5 Å². The van der Waals surface area contributed by atoms with Crippen molar-refractivity contribution >= 4 is 15.7 Å². The highest BCUT2D eigenvalue weighted by Crippen LogP contribution is 2.39. The topological polar surface area (TPSA) is 63.4 Å². The Balaban J connectivity index is 2.20. The second kappa shape index (κ2) is 5.74. The van der Waals surface area contributed by atoms with Crippen LogP contribution in [-0.4, -0.2) is 25.8 Å². The lowest BCUT2D eigenvalue weighted by Crippen LogP contribution is -2.42. The molecule has 5 heteroatoms. The van der Waals surface area contributed by atoms with Crippen molar-refractivity contribution in [2.45, 2.75) is 44.4 Å². The summed E-state index contributed by atoms with van der Waals surface area (Å²) in [7, 11) is -3.45. The van der Waals surface area contributed by atoms with Crippen LogP contribution in [0.5, 0.6) is 0 Å². The van der Waals surface area contributed by atoms with Crippen molar-refractivity contribution in [2.24, 2.45) is 5.41 Å². The molecule has 1 saturated heterocycles. The summed E-state index contributed by atoms with van der Waals surface area (Å²) in [5.74, 6) is 0. The van der Waals surface area contributed by atoms with E-state index >= 15 is 0 Å². The summed E-state index contributed by atoms with van der Waals surface area (Å²) in [6.45, 7) is 5.59. The average Bonchev–Trinajstić information content (AvgIpc) is 2.47. The molecule has 0 aliphatic carbocycles. The molecule has 1 aliphatic rings. The number of nitrogen functional groups attached to an aromatic ring is 1. The first-order valence-electron chi connectivity index (χ1n) is 7.30. The van der Waals surface area contributed by atoms with Crippen LogP contribution in [0, 0.1) is 5.41 Å². The van der Waals surface area contributed by atoms with Crippen molar-refractivity contribution in [3.05, 3.63) is 24.3 Å². The van der Waals surface area contributed by atoms with Gasteiger partial charge < -0.3 is 5.73 Å². The number of hydrogen-bond donors (Lipinski definition) is 1. The Morgan fingerprint density at radius 1 is 1.15 bits per heavy atom. The summed E-state index contributed by atoms with van der Waals surface area (Å²) in [5, 5.41) is 0. The molecule has 0 spiro atoms. The van der Waals surface area contributed by atoms with E-state index in [0.29, 0.717) is 24.2 Å². The number of piperidine rings is 1. The van der Waals surface area contributed by atoms with Crippen LogP contribution in [-0.2, 0) is 10.0 Å². The lowest BCUT2D eigenvalue weighted by atomic mass is 9.75. The summed E-state index contributed by atoms with van der Waals surface area (Å²) in [6, 6.07) is 6.70. The molecule has 4 nitrogen and oxygen atoms in total. The van der Waals surface area contributed by atoms with E-state index in [1.165, 1.54) is 0 Å². The number of sulfonamides is 1. The first kappa shape index (κ1) is 15.3. The first-order chi connectivity index (χ1) is 9.45. The molecule has 0 bridgehead atoms. The lowest BCUT2D eigenvalue weighted by molar-refractivity contribution is 0.141. The van der Waals surface area contributed by atoms with Crippen LogP contribution >= 0.6 is 0 Å². The number of nitrogens with zero attached hydrogens (tertiary/aromatic N) is 1. The van der Waals surface area contributed by atoms with E-state index in [1.54, 1.807) is 28.6 Å². The Labute approximate surface area is 122 Å². The Morgan fingerprint density at radius 3 is 2.20 bits per heavy atom. The molecule has 1 heterocycles. The summed E-state index contributed by atoms with van der Waals surface area (Å²) < 4.78 is 26.9. The van der Waals surface area contributed by atoms with E-state index in [0.717, 1.165) is 25.7 Å². The van der Waals surface area contributed by atoms with Crippen LogP contribution < -0.4 is 5.73 Å². The van der Waals surface area contributed by atoms with Crippen molar-refractivity contribution < 1.29 is 8.42 Å². The van der Waals surface area contributed by atoms with Gasteiger partial charge in [-0.25, -0.2) is 8.42 Å². The molecule has 20 heavy (non-hydrogen) atoms. The van der Waals surface area contributed by atoms with E-state index in [1.807, 2.05) is 0 Å². The average molecular weight is 296 g/mol. The lowest BCUT2D eigenvalue weighted by Gasteiger charge is -2.40. The molecule has 112 valence electrons. The van der Waals surface area contributed by atoms with Gasteiger partial charge in [-0.1, -0.05) is 38.8 Å². The van der Waals surface area contributed by atoms with Crippen LogP contribution in [0.15, 0.2) is 29.2 Å². The second-order valence-corrected chi connectivity index (χ2v) is 7.56. The maximum atomic E-state index is 12.6. The molecular weight excluding hydrogens is 272 g/mol. The standard InChI is InChI=1S/C15H24N2O2S/c1-3-15(4-2)9-11-17(12-10-15)20(18,19)14-8-6-5-7-13(14)16/h5-8H,3-4,9-12,16H2,1-2H3. The number of rotatable bonds is 4. The third-order valence-corrected chi connectivity index (χ3v) is 6.79. The molecule has 1 aromatic carbocycles. The van der Waals surface area contributed by atoms with E-state index in [2.05, 4.69) is 13.8 Å². The van der Waals surface area contributed by atoms with Gasteiger partial charge in [0, 0.05) is 13.1 Å². The van der Waals surface area contributed by atoms with Crippen LogP contribution in [0.3, 0.4) is 0 Å². The van der Waals surface area contributed by atoms with Crippen molar-refractivity contribution in [2.75, 3.05) is 18.8 Å². The quantitative estimate of drug-likeness (QED) is 0.869. The summed E-state index contributed by atoms with van der Waals surface area (Å²) in [6.07, 6.45) is 4.10. The fourth-order valence-electron chi connectivity index (χ4n) is 3.01. The molecule has 0 atom stereocenters. The molecule has 1 aliphatic heterocycles. The van der Waals surface area contributed by atoms with Gasteiger partial charge in [0.25, 0.3) is 0 Å². The smallest absolute Gasteiger partial charge is 0.245 e. The predicted molar refractivity (Wildman–Crippen MR) is 81.9 cm³/mol. The number of benzene rings is 1. The van der Waals surface area contributed by atoms with E-state index in [9.17, 15) is 8.42 Å². The molecule has 1 fully saturated rings. The van der Waals surface area contributed by atoms with Crippen molar-refractivity contribution in [3.63, 3.8) is 0 Å². The number of para-hydroxylation sites is 1. The zero-order valence-corrected chi connectivity index (χ0v) is 13.1. The summed E-state index contributed by atoms with van der Waals surface area (Å²) >= 11 is 0. The zero-order valence-electron chi connectivity index (χ0n) is 12.3. The van der Waals surface area contributed by atoms with Crippen molar-refractivity contribution in [3.8, 4) is 0 Å². The van der Waals surface area contributed by atoms with Gasteiger partial charge in [0.2, 0.25) is 10.0 Å². The van der Waals surface area contributed by atoms with Gasteiger partial charge in [-0.3, -0.25) is 0 Å². The Morgan fingerprint density at radius 2 is 1.70 bits per heavy atom. The highest BCUT2D eigenvalue weighted by molar-refractivity contribution is 7.89. The normalized spacial score (nSPS) is 19.9. The molecular formula is C15H24N2O2S. The van der Waals surface area contributed by atoms with Crippen LogP contribution in [0.2, 0.25) is 0 Å². The van der Waals surface area contributed by atoms with Gasteiger partial charge in [0.1, 0.15) is 4.90 Å². The Bertz CT molecular complexity index is 555. The van der Waals surface area contributed by atoms with Gasteiger partial charge in [-0.05, 0) is 30.4 Å². The van der Waals surface area contributed by atoms with Gasteiger partial charge in [0.15, 0.2) is 0 Å². The molecule has 0 saturated carbocycles. The molecule has 0 amide bonds. The fraction of sp³-hybridized carbons (Fsp3) is 0.600. The highest BCUT2D eigenvalue weighted by Gasteiger charge is 2.36. The number of nitrogens with two attached hydrogens (primary N) is 1. The monoisotopic (exact) mass is 296 g/mol. The molecule has 0 unspecified atom stereocenters. The molecule has 2 rings (SSSR count). The third kappa shape index (κ3) is 2.69. The predicted octanol–water partition coefficient (Wildman–Crippen LogP) is 2.86. The molecule has 1 aromatic rings. The SMILES string of the molecule is CCC1(CC)CCN(S(=O)(=O)c2ccccc2N)CC1. The van der Waals surface area contributed by atoms with Crippen LogP contribution in [0.25, 0.3) is 0 Å². The fourth-order valence-corrected chi connectivity index (χ4v) is 4.57. The molecule has 2 N–H and O–H groups in total. The number of anilines is 1. The van der Waals surface area contributed by atoms with Crippen LogP contribution in [0.4, 0.5) is 5.69 Å². The largest absolute Gasteiger partial charge is 0.398 e. The zero-order chi connectivity index (χ0) is 14.8. The molecule has 0 aromatic heterocycles. The number of hydrogen-bond acceptors (Lipinski definition) is 3. The first-order valence-corrected chi connectivity index (χ1v) is 8.74. The molecule has 0 radical (unpaired) electrons. The Hall–Kier alpha value is -1.07. The minimum atomic E-state index is -3.45. The summed E-state index contributed by atoms with van der Waals surface area (Å²) in [5.41, 5.74) is 6.46. The van der Waals surface area contributed by atoms with Gasteiger partial charge in [0.05, 0.1) is 5.69 Å².